The van der Waals surface area contributed by atoms with Crippen LogP contribution in [0.4, 0.5) is 0 Å². The number of ether oxygens (including phenoxy) is 1. The number of hydrogen-bond acceptors (Lipinski definition) is 3. The van der Waals surface area contributed by atoms with E-state index in [9.17, 15) is 9.59 Å². The Bertz CT molecular complexity index is 776. The number of hydrogen-bond donors (Lipinski definition) is 1. The molecule has 1 atom stereocenters. The predicted molar refractivity (Wildman–Crippen MR) is 111 cm³/mol. The summed E-state index contributed by atoms with van der Waals surface area (Å²) < 4.78 is 6.54. The highest BCUT2D eigenvalue weighted by Crippen LogP contribution is 2.46. The van der Waals surface area contributed by atoms with Crippen molar-refractivity contribution in [1.29, 1.82) is 0 Å². The number of para-hydroxylation sites is 1. The van der Waals surface area contributed by atoms with Crippen LogP contribution in [0.5, 0.6) is 5.75 Å². The predicted octanol–water partition coefficient (Wildman–Crippen LogP) is 3.77. The van der Waals surface area contributed by atoms with Crippen molar-refractivity contribution >= 4 is 11.8 Å². The van der Waals surface area contributed by atoms with E-state index in [1.165, 1.54) is 19.3 Å². The Labute approximate surface area is 173 Å². The summed E-state index contributed by atoms with van der Waals surface area (Å²) in [5.74, 6) is 2.24. The second-order valence-corrected chi connectivity index (χ2v) is 9.65. The maximum Gasteiger partial charge on any atom is 0.222 e. The van der Waals surface area contributed by atoms with Crippen molar-refractivity contribution in [2.24, 2.45) is 5.92 Å². The third kappa shape index (κ3) is 4.15. The Morgan fingerprint density at radius 2 is 1.83 bits per heavy atom. The molecule has 2 aliphatic carbocycles. The van der Waals surface area contributed by atoms with Gasteiger partial charge in [0.25, 0.3) is 0 Å². The van der Waals surface area contributed by atoms with Crippen LogP contribution in [-0.2, 0) is 9.59 Å². The number of rotatable bonds is 5. The smallest absolute Gasteiger partial charge is 0.222 e. The highest BCUT2D eigenvalue weighted by Gasteiger charge is 2.44. The number of carbonyl (C=O) groups is 2. The van der Waals surface area contributed by atoms with Crippen molar-refractivity contribution in [3.63, 3.8) is 0 Å². The number of benzene rings is 1. The summed E-state index contributed by atoms with van der Waals surface area (Å²) in [5, 5.41) is 3.20. The molecule has 2 heterocycles. The highest BCUT2D eigenvalue weighted by molar-refractivity contribution is 5.78. The minimum absolute atomic E-state index is 0.170. The van der Waals surface area contributed by atoms with Crippen LogP contribution in [0.3, 0.4) is 0 Å². The second-order valence-electron chi connectivity index (χ2n) is 9.65. The zero-order chi connectivity index (χ0) is 19.8. The molecule has 3 fully saturated rings. The molecule has 1 aromatic rings. The van der Waals surface area contributed by atoms with Gasteiger partial charge in [0, 0.05) is 50.7 Å². The van der Waals surface area contributed by atoms with Gasteiger partial charge >= 0.3 is 0 Å². The van der Waals surface area contributed by atoms with Crippen LogP contribution in [0.25, 0.3) is 0 Å². The molecule has 2 saturated carbocycles. The topological polar surface area (TPSA) is 58.6 Å². The zero-order valence-electron chi connectivity index (χ0n) is 17.2. The lowest BCUT2D eigenvalue weighted by molar-refractivity contribution is -0.135. The van der Waals surface area contributed by atoms with Gasteiger partial charge in [0.05, 0.1) is 0 Å². The molecule has 1 spiro atoms. The highest BCUT2D eigenvalue weighted by atomic mass is 16.5. The second kappa shape index (κ2) is 7.66. The van der Waals surface area contributed by atoms with E-state index >= 15 is 0 Å². The number of carbonyl (C=O) groups excluding carboxylic acids is 2. The first-order chi connectivity index (χ1) is 14.1. The first kappa shape index (κ1) is 19.0. The number of nitrogens with one attached hydrogen (secondary N) is 1. The van der Waals surface area contributed by atoms with E-state index in [2.05, 4.69) is 11.4 Å². The molecule has 5 rings (SSSR count). The Morgan fingerprint density at radius 3 is 2.52 bits per heavy atom. The van der Waals surface area contributed by atoms with E-state index in [4.69, 9.17) is 4.74 Å². The van der Waals surface area contributed by atoms with E-state index < -0.39 is 0 Å². The molecule has 29 heavy (non-hydrogen) atoms. The summed E-state index contributed by atoms with van der Waals surface area (Å²) in [5.41, 5.74) is 0.917. The standard InChI is InChI=1S/C24H32N2O3/c27-22(25-19-4-3-5-19)15-18-16-24(29-21-7-2-1-6-20(18)21)10-12-26(13-11-24)23(28)14-17-8-9-17/h1-2,6-7,17-19H,3-5,8-16H2,(H,25,27). The van der Waals surface area contributed by atoms with Crippen molar-refractivity contribution in [3.8, 4) is 5.75 Å². The molecule has 4 aliphatic rings. The normalized spacial score (nSPS) is 25.7. The molecule has 5 nitrogen and oxygen atoms in total. The van der Waals surface area contributed by atoms with Crippen LogP contribution >= 0.6 is 0 Å². The lowest BCUT2D eigenvalue weighted by Crippen LogP contribution is -2.52. The van der Waals surface area contributed by atoms with E-state index in [1.807, 2.05) is 23.1 Å². The summed E-state index contributed by atoms with van der Waals surface area (Å²) in [4.78, 5) is 27.2. The van der Waals surface area contributed by atoms with Crippen LogP contribution in [-0.4, -0.2) is 41.4 Å². The Hall–Kier alpha value is -2.04. The van der Waals surface area contributed by atoms with Crippen molar-refractivity contribution in [2.75, 3.05) is 13.1 Å². The Morgan fingerprint density at radius 1 is 1.07 bits per heavy atom. The van der Waals surface area contributed by atoms with Gasteiger partial charge in [-0.05, 0) is 56.1 Å². The summed E-state index contributed by atoms with van der Waals surface area (Å²) in [6, 6.07) is 8.58. The van der Waals surface area contributed by atoms with Gasteiger partial charge in [-0.2, -0.15) is 0 Å². The molecule has 0 bridgehead atoms. The molecule has 0 aromatic heterocycles. The van der Waals surface area contributed by atoms with Crippen molar-refractivity contribution in [1.82, 2.24) is 10.2 Å². The molecule has 5 heteroatoms. The minimum atomic E-state index is -0.244. The molecule has 2 aliphatic heterocycles. The fourth-order valence-electron chi connectivity index (χ4n) is 5.16. The molecular weight excluding hydrogens is 364 g/mol. The average Bonchev–Trinajstić information content (AvgIpc) is 3.49. The summed E-state index contributed by atoms with van der Waals surface area (Å²) in [6.45, 7) is 1.55. The number of amides is 2. The SMILES string of the molecule is O=C(CC1CC2(CCN(C(=O)CC3CC3)CC2)Oc2ccccc21)NC1CCC1. The van der Waals surface area contributed by atoms with E-state index in [-0.39, 0.29) is 17.4 Å². The summed E-state index contributed by atoms with van der Waals surface area (Å²) in [6.07, 6.45) is 9.73. The zero-order valence-corrected chi connectivity index (χ0v) is 17.2. The quantitative estimate of drug-likeness (QED) is 0.824. The van der Waals surface area contributed by atoms with Gasteiger partial charge in [-0.15, -0.1) is 0 Å². The molecular formula is C24H32N2O3. The number of piperidine rings is 1. The Kier molecular flexibility index (Phi) is 5.00. The van der Waals surface area contributed by atoms with Gasteiger partial charge < -0.3 is 15.0 Å². The largest absolute Gasteiger partial charge is 0.487 e. The van der Waals surface area contributed by atoms with Crippen LogP contribution < -0.4 is 10.1 Å². The van der Waals surface area contributed by atoms with E-state index in [0.717, 1.165) is 62.9 Å². The fraction of sp³-hybridized carbons (Fsp3) is 0.667. The molecule has 0 radical (unpaired) electrons. The van der Waals surface area contributed by atoms with Crippen LogP contribution in [0, 0.1) is 5.92 Å². The molecule has 2 amide bonds. The molecule has 1 N–H and O–H groups in total. The van der Waals surface area contributed by atoms with Gasteiger partial charge in [-0.25, -0.2) is 0 Å². The molecule has 1 unspecified atom stereocenters. The van der Waals surface area contributed by atoms with Crippen LogP contribution in [0.15, 0.2) is 24.3 Å². The molecule has 156 valence electrons. The van der Waals surface area contributed by atoms with Gasteiger partial charge in [-0.3, -0.25) is 9.59 Å². The number of likely N-dealkylation sites (tertiary alicyclic amines) is 1. The van der Waals surface area contributed by atoms with Crippen molar-refractivity contribution < 1.29 is 14.3 Å². The van der Waals surface area contributed by atoms with Gasteiger partial charge in [-0.1, -0.05) is 18.2 Å². The number of nitrogens with zero attached hydrogens (tertiary/aromatic N) is 1. The summed E-state index contributed by atoms with van der Waals surface area (Å²) in [7, 11) is 0. The summed E-state index contributed by atoms with van der Waals surface area (Å²) >= 11 is 0. The van der Waals surface area contributed by atoms with Crippen LogP contribution in [0.1, 0.15) is 75.7 Å². The average molecular weight is 397 g/mol. The van der Waals surface area contributed by atoms with Crippen molar-refractivity contribution in [2.45, 2.75) is 81.8 Å². The fourth-order valence-corrected chi connectivity index (χ4v) is 5.16. The monoisotopic (exact) mass is 396 g/mol. The van der Waals surface area contributed by atoms with Crippen molar-refractivity contribution in [3.05, 3.63) is 29.8 Å². The lowest BCUT2D eigenvalue weighted by Gasteiger charge is -2.47. The third-order valence-corrected chi connectivity index (χ3v) is 7.39. The van der Waals surface area contributed by atoms with E-state index in [1.54, 1.807) is 0 Å². The maximum absolute atomic E-state index is 12.6. The lowest BCUT2D eigenvalue weighted by atomic mass is 9.76. The molecule has 1 aromatic carbocycles. The van der Waals surface area contributed by atoms with Crippen LogP contribution in [0.2, 0.25) is 0 Å². The van der Waals surface area contributed by atoms with Gasteiger partial charge in [0.2, 0.25) is 11.8 Å². The first-order valence-corrected chi connectivity index (χ1v) is 11.5. The Balaban J connectivity index is 1.26. The maximum atomic E-state index is 12.6. The third-order valence-electron chi connectivity index (χ3n) is 7.39. The minimum Gasteiger partial charge on any atom is -0.487 e. The molecule has 1 saturated heterocycles. The van der Waals surface area contributed by atoms with Gasteiger partial charge in [0.1, 0.15) is 11.4 Å². The first-order valence-electron chi connectivity index (χ1n) is 11.5. The van der Waals surface area contributed by atoms with Gasteiger partial charge in [0.15, 0.2) is 0 Å². The number of fused-ring (bicyclic) bond motifs is 1. The van der Waals surface area contributed by atoms with E-state index in [0.29, 0.717) is 24.3 Å².